The van der Waals surface area contributed by atoms with Crippen LogP contribution in [0, 0.1) is 6.92 Å². The number of halogens is 1. The summed E-state index contributed by atoms with van der Waals surface area (Å²) < 4.78 is 6.13. The zero-order chi connectivity index (χ0) is 13.0. The lowest BCUT2D eigenvalue weighted by atomic mass is 10.1. The fourth-order valence-electron chi connectivity index (χ4n) is 1.55. The third kappa shape index (κ3) is 3.31. The van der Waals surface area contributed by atoms with Crippen LogP contribution in [0.3, 0.4) is 0 Å². The van der Waals surface area contributed by atoms with Gasteiger partial charge in [-0.3, -0.25) is 0 Å². The van der Waals surface area contributed by atoms with Crippen molar-refractivity contribution in [2.24, 2.45) is 0 Å². The summed E-state index contributed by atoms with van der Waals surface area (Å²) in [5.41, 5.74) is 2.43. The summed E-state index contributed by atoms with van der Waals surface area (Å²) in [5.74, 6) is 0. The van der Waals surface area contributed by atoms with Crippen LogP contribution in [0.1, 0.15) is 5.56 Å². The molecule has 0 spiro atoms. The normalized spacial score (nSPS) is 10.6. The van der Waals surface area contributed by atoms with Gasteiger partial charge in [-0.25, -0.2) is 4.98 Å². The number of ether oxygens (including phenoxy) is 1. The highest BCUT2D eigenvalue weighted by Crippen LogP contribution is 2.31. The van der Waals surface area contributed by atoms with Gasteiger partial charge in [-0.2, -0.15) is 0 Å². The van der Waals surface area contributed by atoms with Crippen molar-refractivity contribution in [1.82, 2.24) is 4.98 Å². The molecule has 0 amide bonds. The maximum Gasteiger partial charge on any atom is 0.183 e. The van der Waals surface area contributed by atoms with E-state index in [1.807, 2.05) is 6.20 Å². The molecule has 0 saturated heterocycles. The molecular weight excluding hydrogens is 312 g/mol. The topological polar surface area (TPSA) is 34.1 Å². The first kappa shape index (κ1) is 13.5. The van der Waals surface area contributed by atoms with E-state index in [-0.39, 0.29) is 0 Å². The Morgan fingerprint density at radius 1 is 1.44 bits per heavy atom. The number of hydrogen-bond donors (Lipinski definition) is 1. The molecule has 0 aliphatic heterocycles. The summed E-state index contributed by atoms with van der Waals surface area (Å²) >= 11 is 5.17. The third-order valence-corrected chi connectivity index (χ3v) is 4.42. The van der Waals surface area contributed by atoms with Crippen LogP contribution < -0.4 is 5.32 Å². The number of hydrogen-bond acceptors (Lipinski definition) is 4. The van der Waals surface area contributed by atoms with Crippen LogP contribution >= 0.6 is 27.3 Å². The van der Waals surface area contributed by atoms with Crippen molar-refractivity contribution in [3.63, 3.8) is 0 Å². The minimum Gasteiger partial charge on any atom is -0.383 e. The Kier molecular flexibility index (Phi) is 4.74. The zero-order valence-corrected chi connectivity index (χ0v) is 12.8. The molecule has 0 fully saturated rings. The van der Waals surface area contributed by atoms with Crippen molar-refractivity contribution in [2.45, 2.75) is 6.92 Å². The predicted molar refractivity (Wildman–Crippen MR) is 80.4 cm³/mol. The smallest absolute Gasteiger partial charge is 0.183 e. The highest BCUT2D eigenvalue weighted by Gasteiger charge is 2.05. The van der Waals surface area contributed by atoms with Crippen LogP contribution in [0.2, 0.25) is 0 Å². The van der Waals surface area contributed by atoms with Gasteiger partial charge in [-0.05, 0) is 30.2 Å². The van der Waals surface area contributed by atoms with E-state index < -0.39 is 0 Å². The van der Waals surface area contributed by atoms with Crippen LogP contribution in [0.5, 0.6) is 0 Å². The second kappa shape index (κ2) is 6.31. The summed E-state index contributed by atoms with van der Waals surface area (Å²) in [6.07, 6.45) is 1.91. The van der Waals surface area contributed by atoms with Crippen LogP contribution in [0.15, 0.2) is 28.9 Å². The summed E-state index contributed by atoms with van der Waals surface area (Å²) in [5, 5.41) is 4.17. The second-order valence-electron chi connectivity index (χ2n) is 3.91. The van der Waals surface area contributed by atoms with Gasteiger partial charge in [0.2, 0.25) is 0 Å². The number of anilines is 1. The van der Waals surface area contributed by atoms with Crippen molar-refractivity contribution < 1.29 is 4.74 Å². The van der Waals surface area contributed by atoms with E-state index in [1.54, 1.807) is 18.4 Å². The van der Waals surface area contributed by atoms with Crippen molar-refractivity contribution in [3.8, 4) is 10.4 Å². The van der Waals surface area contributed by atoms with E-state index >= 15 is 0 Å². The molecule has 0 aliphatic carbocycles. The van der Waals surface area contributed by atoms with Gasteiger partial charge in [0.05, 0.1) is 11.5 Å². The van der Waals surface area contributed by atoms with E-state index in [0.29, 0.717) is 6.61 Å². The molecule has 1 heterocycles. The van der Waals surface area contributed by atoms with E-state index in [1.165, 1.54) is 16.0 Å². The second-order valence-corrected chi connectivity index (χ2v) is 5.80. The maximum atomic E-state index is 4.99. The average Bonchev–Trinajstić information content (AvgIpc) is 2.82. The molecule has 96 valence electrons. The lowest BCUT2D eigenvalue weighted by Crippen LogP contribution is -2.06. The average molecular weight is 327 g/mol. The summed E-state index contributed by atoms with van der Waals surface area (Å²) in [7, 11) is 1.69. The highest BCUT2D eigenvalue weighted by atomic mass is 79.9. The van der Waals surface area contributed by atoms with Crippen LogP contribution in [-0.4, -0.2) is 25.2 Å². The molecule has 0 aliphatic rings. The molecule has 1 aromatic heterocycles. The summed E-state index contributed by atoms with van der Waals surface area (Å²) in [6, 6.07) is 6.34. The van der Waals surface area contributed by atoms with Crippen LogP contribution in [-0.2, 0) is 4.74 Å². The first-order valence-electron chi connectivity index (χ1n) is 5.66. The Bertz CT molecular complexity index is 527. The minimum absolute atomic E-state index is 0.687. The SMILES string of the molecule is COCCNc1ncc(-c2ccc(Br)c(C)c2)s1. The van der Waals surface area contributed by atoms with Gasteiger partial charge in [0, 0.05) is 24.3 Å². The molecule has 0 atom stereocenters. The van der Waals surface area contributed by atoms with Gasteiger partial charge >= 0.3 is 0 Å². The predicted octanol–water partition coefficient (Wildman–Crippen LogP) is 3.94. The van der Waals surface area contributed by atoms with Crippen LogP contribution in [0.4, 0.5) is 5.13 Å². The summed E-state index contributed by atoms with van der Waals surface area (Å²) in [4.78, 5) is 5.53. The van der Waals surface area contributed by atoms with Crippen molar-refractivity contribution in [2.75, 3.05) is 25.6 Å². The lowest BCUT2D eigenvalue weighted by molar-refractivity contribution is 0.211. The zero-order valence-electron chi connectivity index (χ0n) is 10.4. The first-order chi connectivity index (χ1) is 8.70. The molecule has 1 aromatic carbocycles. The largest absolute Gasteiger partial charge is 0.383 e. The fraction of sp³-hybridized carbons (Fsp3) is 0.308. The molecule has 0 saturated carbocycles. The fourth-order valence-corrected chi connectivity index (χ4v) is 2.63. The molecular formula is C13H15BrN2OS. The van der Waals surface area contributed by atoms with Gasteiger partial charge in [0.15, 0.2) is 5.13 Å². The summed E-state index contributed by atoms with van der Waals surface area (Å²) in [6.45, 7) is 3.56. The van der Waals surface area contributed by atoms with Gasteiger partial charge in [-0.1, -0.05) is 33.3 Å². The number of rotatable bonds is 5. The first-order valence-corrected chi connectivity index (χ1v) is 7.27. The van der Waals surface area contributed by atoms with E-state index in [2.05, 4.69) is 51.4 Å². The quantitative estimate of drug-likeness (QED) is 0.845. The number of methoxy groups -OCH3 is 1. The molecule has 1 N–H and O–H groups in total. The van der Waals surface area contributed by atoms with Crippen LogP contribution in [0.25, 0.3) is 10.4 Å². The molecule has 2 rings (SSSR count). The number of aryl methyl sites for hydroxylation is 1. The van der Waals surface area contributed by atoms with E-state index in [4.69, 9.17) is 4.74 Å². The van der Waals surface area contributed by atoms with E-state index in [9.17, 15) is 0 Å². The highest BCUT2D eigenvalue weighted by molar-refractivity contribution is 9.10. The van der Waals surface area contributed by atoms with E-state index in [0.717, 1.165) is 16.1 Å². The number of aromatic nitrogens is 1. The Morgan fingerprint density at radius 2 is 2.28 bits per heavy atom. The van der Waals surface area contributed by atoms with Gasteiger partial charge in [-0.15, -0.1) is 0 Å². The monoisotopic (exact) mass is 326 g/mol. The molecule has 0 bridgehead atoms. The Morgan fingerprint density at radius 3 is 3.00 bits per heavy atom. The minimum atomic E-state index is 0.687. The van der Waals surface area contributed by atoms with Gasteiger partial charge in [0.1, 0.15) is 0 Å². The molecule has 18 heavy (non-hydrogen) atoms. The van der Waals surface area contributed by atoms with Crippen molar-refractivity contribution >= 4 is 32.4 Å². The standard InChI is InChI=1S/C13H15BrN2OS/c1-9-7-10(3-4-11(9)14)12-8-16-13(18-12)15-5-6-17-2/h3-4,7-8H,5-6H2,1-2H3,(H,15,16). The van der Waals surface area contributed by atoms with Gasteiger partial charge in [0.25, 0.3) is 0 Å². The Labute approximate surface area is 119 Å². The number of thiazole rings is 1. The molecule has 2 aromatic rings. The van der Waals surface area contributed by atoms with Gasteiger partial charge < -0.3 is 10.1 Å². The van der Waals surface area contributed by atoms with Crippen molar-refractivity contribution in [1.29, 1.82) is 0 Å². The molecule has 0 unspecified atom stereocenters. The Balaban J connectivity index is 2.11. The number of nitrogens with zero attached hydrogens (tertiary/aromatic N) is 1. The number of benzene rings is 1. The molecule has 3 nitrogen and oxygen atoms in total. The number of nitrogens with one attached hydrogen (secondary N) is 1. The Hall–Kier alpha value is -0.910. The third-order valence-electron chi connectivity index (χ3n) is 2.53. The van der Waals surface area contributed by atoms with Crippen molar-refractivity contribution in [3.05, 3.63) is 34.4 Å². The molecule has 0 radical (unpaired) electrons. The molecule has 5 heteroatoms. The lowest BCUT2D eigenvalue weighted by Gasteiger charge is -2.01. The maximum absolute atomic E-state index is 4.99.